The second-order valence-corrected chi connectivity index (χ2v) is 3.25. The van der Waals surface area contributed by atoms with E-state index in [-0.39, 0.29) is 5.78 Å². The van der Waals surface area contributed by atoms with Crippen LogP contribution in [0.2, 0.25) is 0 Å². The van der Waals surface area contributed by atoms with E-state index < -0.39 is 0 Å². The quantitative estimate of drug-likeness (QED) is 0.326. The fourth-order valence-corrected chi connectivity index (χ4v) is 1.22. The van der Waals surface area contributed by atoms with Gasteiger partial charge in [-0.05, 0) is 25.5 Å². The first-order valence-corrected chi connectivity index (χ1v) is 4.85. The van der Waals surface area contributed by atoms with Crippen molar-refractivity contribution < 1.29 is 14.9 Å². The lowest BCUT2D eigenvalue weighted by atomic mass is 10.1. The first-order chi connectivity index (χ1) is 7.24. The van der Waals surface area contributed by atoms with Crippen LogP contribution in [-0.2, 0) is 4.89 Å². The molecular weight excluding hydrogens is 194 g/mol. The third kappa shape index (κ3) is 4.10. The molecule has 0 bridgehead atoms. The van der Waals surface area contributed by atoms with Gasteiger partial charge in [0, 0.05) is 17.8 Å². The molecule has 0 aromatic heterocycles. The lowest BCUT2D eigenvalue weighted by Gasteiger charge is -2.06. The van der Waals surface area contributed by atoms with Crippen molar-refractivity contribution in [1.29, 1.82) is 0 Å². The van der Waals surface area contributed by atoms with Gasteiger partial charge in [-0.15, -0.1) is 0 Å². The highest BCUT2D eigenvalue weighted by Gasteiger charge is 1.99. The van der Waals surface area contributed by atoms with Crippen LogP contribution in [-0.4, -0.2) is 24.2 Å². The summed E-state index contributed by atoms with van der Waals surface area (Å²) < 4.78 is 0. The maximum absolute atomic E-state index is 11.1. The summed E-state index contributed by atoms with van der Waals surface area (Å²) >= 11 is 0. The van der Waals surface area contributed by atoms with E-state index >= 15 is 0 Å². The molecular formula is C11H15NO3. The number of ketones is 1. The van der Waals surface area contributed by atoms with Gasteiger partial charge in [-0.25, -0.2) is 4.89 Å². The smallest absolute Gasteiger partial charge is 0.159 e. The fraction of sp³-hybridized carbons (Fsp3) is 0.364. The summed E-state index contributed by atoms with van der Waals surface area (Å²) in [6.07, 6.45) is 0.709. The number of Topliss-reactive ketones (excluding diaryl/α,β-unsaturated/α-hetero) is 1. The Morgan fingerprint density at radius 1 is 1.53 bits per heavy atom. The van der Waals surface area contributed by atoms with Gasteiger partial charge in [0.2, 0.25) is 0 Å². The zero-order chi connectivity index (χ0) is 11.1. The molecule has 0 saturated carbocycles. The predicted octanol–water partition coefficient (Wildman–Crippen LogP) is 2.18. The average Bonchev–Trinajstić information content (AvgIpc) is 2.25. The Balaban J connectivity index is 2.47. The van der Waals surface area contributed by atoms with Crippen LogP contribution in [0.25, 0.3) is 0 Å². The summed E-state index contributed by atoms with van der Waals surface area (Å²) in [7, 11) is 0. The van der Waals surface area contributed by atoms with Gasteiger partial charge in [-0.1, -0.05) is 12.1 Å². The van der Waals surface area contributed by atoms with Crippen molar-refractivity contribution in [2.24, 2.45) is 0 Å². The Labute approximate surface area is 88.8 Å². The SMILES string of the molecule is CC(=O)c1cccc(NCCCOO)c1. The number of anilines is 1. The van der Waals surface area contributed by atoms with E-state index in [1.807, 2.05) is 18.2 Å². The van der Waals surface area contributed by atoms with E-state index in [0.717, 1.165) is 5.69 Å². The summed E-state index contributed by atoms with van der Waals surface area (Å²) in [5.41, 5.74) is 1.60. The molecule has 0 atom stereocenters. The van der Waals surface area contributed by atoms with Gasteiger partial charge in [0.15, 0.2) is 5.78 Å². The number of benzene rings is 1. The molecule has 0 fully saturated rings. The normalized spacial score (nSPS) is 10.0. The number of rotatable bonds is 6. The van der Waals surface area contributed by atoms with Crippen LogP contribution < -0.4 is 5.32 Å². The molecule has 0 spiro atoms. The lowest BCUT2D eigenvalue weighted by Crippen LogP contribution is -2.05. The molecule has 0 unspecified atom stereocenters. The van der Waals surface area contributed by atoms with E-state index in [9.17, 15) is 4.79 Å². The molecule has 0 aliphatic carbocycles. The average molecular weight is 209 g/mol. The van der Waals surface area contributed by atoms with Crippen LogP contribution in [0.15, 0.2) is 24.3 Å². The first kappa shape index (κ1) is 11.7. The highest BCUT2D eigenvalue weighted by Crippen LogP contribution is 2.10. The van der Waals surface area contributed by atoms with Crippen molar-refractivity contribution in [3.8, 4) is 0 Å². The Morgan fingerprint density at radius 3 is 3.00 bits per heavy atom. The molecule has 0 radical (unpaired) electrons. The molecule has 1 rings (SSSR count). The molecule has 0 aliphatic heterocycles. The number of nitrogens with one attached hydrogen (secondary N) is 1. The van der Waals surface area contributed by atoms with E-state index in [1.165, 1.54) is 0 Å². The molecule has 0 heterocycles. The Hall–Kier alpha value is -1.39. The van der Waals surface area contributed by atoms with E-state index in [0.29, 0.717) is 25.1 Å². The third-order valence-corrected chi connectivity index (χ3v) is 2.01. The van der Waals surface area contributed by atoms with Gasteiger partial charge in [-0.2, -0.15) is 0 Å². The van der Waals surface area contributed by atoms with Crippen LogP contribution in [0.3, 0.4) is 0 Å². The first-order valence-electron chi connectivity index (χ1n) is 4.85. The van der Waals surface area contributed by atoms with Crippen molar-refractivity contribution in [2.45, 2.75) is 13.3 Å². The molecule has 1 aromatic carbocycles. The minimum atomic E-state index is 0.0531. The summed E-state index contributed by atoms with van der Waals surface area (Å²) in [6.45, 7) is 2.54. The number of carbonyl (C=O) groups excluding carboxylic acids is 1. The van der Waals surface area contributed by atoms with Crippen LogP contribution in [0, 0.1) is 0 Å². The Bertz CT molecular complexity index is 325. The molecule has 0 amide bonds. The van der Waals surface area contributed by atoms with Gasteiger partial charge < -0.3 is 5.32 Å². The van der Waals surface area contributed by atoms with Crippen LogP contribution in [0.5, 0.6) is 0 Å². The third-order valence-electron chi connectivity index (χ3n) is 2.01. The summed E-state index contributed by atoms with van der Waals surface area (Å²) in [4.78, 5) is 15.0. The predicted molar refractivity (Wildman–Crippen MR) is 58.1 cm³/mol. The summed E-state index contributed by atoms with van der Waals surface area (Å²) in [5.74, 6) is 0.0531. The van der Waals surface area contributed by atoms with E-state index in [4.69, 9.17) is 5.26 Å². The zero-order valence-corrected chi connectivity index (χ0v) is 8.69. The van der Waals surface area contributed by atoms with Crippen LogP contribution >= 0.6 is 0 Å². The van der Waals surface area contributed by atoms with Crippen molar-refractivity contribution in [3.63, 3.8) is 0 Å². The largest absolute Gasteiger partial charge is 0.385 e. The summed E-state index contributed by atoms with van der Waals surface area (Å²) in [5, 5.41) is 11.2. The minimum Gasteiger partial charge on any atom is -0.385 e. The zero-order valence-electron chi connectivity index (χ0n) is 8.69. The van der Waals surface area contributed by atoms with Gasteiger partial charge in [0.05, 0.1) is 6.61 Å². The van der Waals surface area contributed by atoms with Crippen LogP contribution in [0.1, 0.15) is 23.7 Å². The van der Waals surface area contributed by atoms with Gasteiger partial charge in [0.1, 0.15) is 0 Å². The highest BCUT2D eigenvalue weighted by atomic mass is 17.1. The van der Waals surface area contributed by atoms with Crippen molar-refractivity contribution in [1.82, 2.24) is 0 Å². The molecule has 2 N–H and O–H groups in total. The Morgan fingerprint density at radius 2 is 2.33 bits per heavy atom. The highest BCUT2D eigenvalue weighted by molar-refractivity contribution is 5.94. The molecule has 0 saturated heterocycles. The molecule has 15 heavy (non-hydrogen) atoms. The van der Waals surface area contributed by atoms with Crippen molar-refractivity contribution >= 4 is 11.5 Å². The minimum absolute atomic E-state index is 0.0531. The van der Waals surface area contributed by atoms with E-state index in [1.54, 1.807) is 13.0 Å². The molecule has 82 valence electrons. The number of hydrogen-bond donors (Lipinski definition) is 2. The maximum Gasteiger partial charge on any atom is 0.159 e. The number of carbonyl (C=O) groups is 1. The molecule has 0 aliphatic rings. The van der Waals surface area contributed by atoms with E-state index in [2.05, 4.69) is 10.2 Å². The van der Waals surface area contributed by atoms with Crippen molar-refractivity contribution in [2.75, 3.05) is 18.5 Å². The lowest BCUT2D eigenvalue weighted by molar-refractivity contribution is -0.242. The molecule has 4 heteroatoms. The second kappa shape index (κ2) is 6.16. The molecule has 1 aromatic rings. The fourth-order valence-electron chi connectivity index (χ4n) is 1.22. The van der Waals surface area contributed by atoms with Crippen LogP contribution in [0.4, 0.5) is 5.69 Å². The number of hydrogen-bond acceptors (Lipinski definition) is 4. The monoisotopic (exact) mass is 209 g/mol. The maximum atomic E-state index is 11.1. The standard InChI is InChI=1S/C11H15NO3/c1-9(13)10-4-2-5-11(8-10)12-6-3-7-15-14/h2,4-5,8,12,14H,3,6-7H2,1H3. The molecule has 4 nitrogen and oxygen atoms in total. The van der Waals surface area contributed by atoms with Gasteiger partial charge >= 0.3 is 0 Å². The van der Waals surface area contributed by atoms with Gasteiger partial charge in [-0.3, -0.25) is 10.1 Å². The Kier molecular flexibility index (Phi) is 4.80. The second-order valence-electron chi connectivity index (χ2n) is 3.25. The van der Waals surface area contributed by atoms with Crippen molar-refractivity contribution in [3.05, 3.63) is 29.8 Å². The summed E-state index contributed by atoms with van der Waals surface area (Å²) in [6, 6.07) is 7.32. The topological polar surface area (TPSA) is 58.6 Å². The van der Waals surface area contributed by atoms with Gasteiger partial charge in [0.25, 0.3) is 0 Å².